The van der Waals surface area contributed by atoms with E-state index in [1.54, 1.807) is 0 Å². The lowest BCUT2D eigenvalue weighted by molar-refractivity contribution is 0.103. The summed E-state index contributed by atoms with van der Waals surface area (Å²) in [5.41, 5.74) is 4.09. The molecular formula is C26H29NOS. The molecule has 0 unspecified atom stereocenters. The summed E-state index contributed by atoms with van der Waals surface area (Å²) in [6.07, 6.45) is 6.17. The van der Waals surface area contributed by atoms with Crippen LogP contribution in [0.15, 0.2) is 77.8 Å². The van der Waals surface area contributed by atoms with Crippen molar-refractivity contribution >= 4 is 23.6 Å². The number of ketones is 1. The van der Waals surface area contributed by atoms with Crippen LogP contribution in [0.2, 0.25) is 0 Å². The number of hydrogen-bond acceptors (Lipinski definition) is 2. The molecule has 2 nitrogen and oxygen atoms in total. The standard InChI is InChI=1S/C26H29NOS/c1-20-9-13-22(14-10-20)25(28)24-8-6-18-27(24)17-5-7-21-11-15-23(16-12-21)29-19-26(2,3)4/h5-16,18H,17,19H2,1-4H3/b7-5+. The average Bonchev–Trinajstić information content (AvgIpc) is 3.15. The van der Waals surface area contributed by atoms with Crippen LogP contribution in [0.25, 0.3) is 6.08 Å². The molecule has 0 aliphatic carbocycles. The Bertz CT molecular complexity index is 973. The van der Waals surface area contributed by atoms with Gasteiger partial charge >= 0.3 is 0 Å². The van der Waals surface area contributed by atoms with Crippen molar-refractivity contribution in [3.05, 3.63) is 95.3 Å². The lowest BCUT2D eigenvalue weighted by atomic mass is 10.0. The number of hydrogen-bond donors (Lipinski definition) is 0. The van der Waals surface area contributed by atoms with Gasteiger partial charge in [0.15, 0.2) is 0 Å². The van der Waals surface area contributed by atoms with Gasteiger partial charge in [0.1, 0.15) is 0 Å². The number of carbonyl (C=O) groups is 1. The van der Waals surface area contributed by atoms with Crippen molar-refractivity contribution in [2.75, 3.05) is 5.75 Å². The van der Waals surface area contributed by atoms with E-state index < -0.39 is 0 Å². The highest BCUT2D eigenvalue weighted by atomic mass is 32.2. The summed E-state index contributed by atoms with van der Waals surface area (Å²) in [7, 11) is 0. The predicted molar refractivity (Wildman–Crippen MR) is 125 cm³/mol. The van der Waals surface area contributed by atoms with Crippen LogP contribution in [0.3, 0.4) is 0 Å². The molecule has 29 heavy (non-hydrogen) atoms. The summed E-state index contributed by atoms with van der Waals surface area (Å²) in [6.45, 7) is 9.47. The Labute approximate surface area is 178 Å². The lowest BCUT2D eigenvalue weighted by Crippen LogP contribution is -2.09. The van der Waals surface area contributed by atoms with Crippen LogP contribution < -0.4 is 0 Å². The molecule has 1 aromatic heterocycles. The molecule has 0 atom stereocenters. The smallest absolute Gasteiger partial charge is 0.209 e. The summed E-state index contributed by atoms with van der Waals surface area (Å²) in [4.78, 5) is 14.1. The van der Waals surface area contributed by atoms with E-state index in [2.05, 4.69) is 57.2 Å². The third-order valence-corrected chi connectivity index (χ3v) is 6.16. The first-order chi connectivity index (χ1) is 13.8. The van der Waals surface area contributed by atoms with Crippen molar-refractivity contribution < 1.29 is 4.79 Å². The zero-order valence-corrected chi connectivity index (χ0v) is 18.5. The second-order valence-corrected chi connectivity index (χ2v) is 9.61. The highest BCUT2D eigenvalue weighted by Crippen LogP contribution is 2.27. The minimum atomic E-state index is 0.0589. The largest absolute Gasteiger partial charge is 0.341 e. The number of carbonyl (C=O) groups excluding carboxylic acids is 1. The number of allylic oxidation sites excluding steroid dienone is 1. The van der Waals surface area contributed by atoms with Crippen LogP contribution in [0.4, 0.5) is 0 Å². The third kappa shape index (κ3) is 6.23. The molecule has 0 N–H and O–H groups in total. The monoisotopic (exact) mass is 403 g/mol. The molecule has 3 aromatic rings. The highest BCUT2D eigenvalue weighted by Gasteiger charge is 2.12. The maximum absolute atomic E-state index is 12.8. The molecule has 0 saturated heterocycles. The van der Waals surface area contributed by atoms with Crippen molar-refractivity contribution in [2.45, 2.75) is 39.1 Å². The molecule has 2 aromatic carbocycles. The van der Waals surface area contributed by atoms with Gasteiger partial charge in [0, 0.05) is 29.0 Å². The van der Waals surface area contributed by atoms with E-state index in [1.165, 1.54) is 10.5 Å². The van der Waals surface area contributed by atoms with Crippen molar-refractivity contribution in [2.24, 2.45) is 5.41 Å². The molecule has 0 amide bonds. The first-order valence-electron chi connectivity index (χ1n) is 9.98. The molecule has 0 fully saturated rings. The van der Waals surface area contributed by atoms with Crippen molar-refractivity contribution in [1.82, 2.24) is 4.57 Å². The molecule has 0 aliphatic heterocycles. The quantitative estimate of drug-likeness (QED) is 0.317. The molecule has 0 bridgehead atoms. The number of benzene rings is 2. The number of aromatic nitrogens is 1. The maximum Gasteiger partial charge on any atom is 0.209 e. The zero-order chi connectivity index (χ0) is 20.9. The zero-order valence-electron chi connectivity index (χ0n) is 17.7. The fourth-order valence-electron chi connectivity index (χ4n) is 2.91. The van der Waals surface area contributed by atoms with Gasteiger partial charge in [-0.05, 0) is 42.2 Å². The Balaban J connectivity index is 1.62. The Kier molecular flexibility index (Phi) is 6.81. The van der Waals surface area contributed by atoms with E-state index in [-0.39, 0.29) is 5.78 Å². The molecule has 0 saturated carbocycles. The molecular weight excluding hydrogens is 374 g/mol. The highest BCUT2D eigenvalue weighted by molar-refractivity contribution is 7.99. The summed E-state index contributed by atoms with van der Waals surface area (Å²) >= 11 is 1.90. The number of thioether (sulfide) groups is 1. The lowest BCUT2D eigenvalue weighted by Gasteiger charge is -2.17. The number of rotatable bonds is 7. The first-order valence-corrected chi connectivity index (χ1v) is 11.0. The van der Waals surface area contributed by atoms with Crippen LogP contribution in [-0.2, 0) is 6.54 Å². The van der Waals surface area contributed by atoms with Crippen LogP contribution in [0, 0.1) is 12.3 Å². The summed E-state index contributed by atoms with van der Waals surface area (Å²) in [5, 5.41) is 0. The summed E-state index contributed by atoms with van der Waals surface area (Å²) in [6, 6.07) is 20.2. The Hall–Kier alpha value is -2.52. The maximum atomic E-state index is 12.8. The van der Waals surface area contributed by atoms with E-state index >= 15 is 0 Å². The molecule has 0 radical (unpaired) electrons. The molecule has 0 spiro atoms. The van der Waals surface area contributed by atoms with E-state index in [0.29, 0.717) is 17.7 Å². The van der Waals surface area contributed by atoms with Crippen LogP contribution in [0.5, 0.6) is 0 Å². The molecule has 1 heterocycles. The predicted octanol–water partition coefficient (Wildman–Crippen LogP) is 6.88. The van der Waals surface area contributed by atoms with Crippen molar-refractivity contribution in [3.8, 4) is 0 Å². The third-order valence-electron chi connectivity index (χ3n) is 4.54. The van der Waals surface area contributed by atoms with Gasteiger partial charge in [-0.3, -0.25) is 4.79 Å². The molecule has 0 aliphatic rings. The Morgan fingerprint density at radius 2 is 1.69 bits per heavy atom. The number of nitrogens with zero attached hydrogens (tertiary/aromatic N) is 1. The van der Waals surface area contributed by atoms with Gasteiger partial charge in [0.25, 0.3) is 0 Å². The minimum Gasteiger partial charge on any atom is -0.341 e. The van der Waals surface area contributed by atoms with E-state index in [9.17, 15) is 4.79 Å². The topological polar surface area (TPSA) is 22.0 Å². The minimum absolute atomic E-state index is 0.0589. The average molecular weight is 404 g/mol. The summed E-state index contributed by atoms with van der Waals surface area (Å²) < 4.78 is 1.99. The van der Waals surface area contributed by atoms with Gasteiger partial charge in [0.2, 0.25) is 5.78 Å². The molecule has 150 valence electrons. The van der Waals surface area contributed by atoms with Crippen molar-refractivity contribution in [3.63, 3.8) is 0 Å². The molecule has 3 heteroatoms. The van der Waals surface area contributed by atoms with Gasteiger partial charge in [-0.15, -0.1) is 11.8 Å². The van der Waals surface area contributed by atoms with Crippen LogP contribution in [0.1, 0.15) is 48.0 Å². The van der Waals surface area contributed by atoms with Crippen molar-refractivity contribution in [1.29, 1.82) is 0 Å². The second-order valence-electron chi connectivity index (χ2n) is 8.56. The Morgan fingerprint density at radius 1 is 1.00 bits per heavy atom. The fraction of sp³-hybridized carbons (Fsp3) is 0.269. The van der Waals surface area contributed by atoms with Gasteiger partial charge < -0.3 is 4.57 Å². The second kappa shape index (κ2) is 9.32. The summed E-state index contributed by atoms with van der Waals surface area (Å²) in [5.74, 6) is 1.16. The first kappa shape index (κ1) is 21.2. The van der Waals surface area contributed by atoms with Crippen LogP contribution in [-0.4, -0.2) is 16.1 Å². The Morgan fingerprint density at radius 3 is 2.34 bits per heavy atom. The SMILES string of the molecule is Cc1ccc(C(=O)c2cccn2C/C=C/c2ccc(SCC(C)(C)C)cc2)cc1. The van der Waals surface area contributed by atoms with Gasteiger partial charge in [-0.25, -0.2) is 0 Å². The fourth-order valence-corrected chi connectivity index (χ4v) is 3.84. The van der Waals surface area contributed by atoms with Gasteiger partial charge in [-0.1, -0.05) is 74.9 Å². The van der Waals surface area contributed by atoms with E-state index in [1.807, 2.05) is 65.8 Å². The normalized spacial score (nSPS) is 11.9. The van der Waals surface area contributed by atoms with E-state index in [0.717, 1.165) is 16.9 Å². The van der Waals surface area contributed by atoms with E-state index in [4.69, 9.17) is 0 Å². The van der Waals surface area contributed by atoms with Crippen LogP contribution >= 0.6 is 11.8 Å². The molecule has 3 rings (SSSR count). The van der Waals surface area contributed by atoms with Gasteiger partial charge in [-0.2, -0.15) is 0 Å². The van der Waals surface area contributed by atoms with Gasteiger partial charge in [0.05, 0.1) is 5.69 Å². The number of aryl methyl sites for hydroxylation is 1.